The minimum atomic E-state index is -0.910. The molecule has 1 aliphatic rings. The molecule has 194 valence electrons. The van der Waals surface area contributed by atoms with Crippen molar-refractivity contribution in [1.29, 1.82) is 0 Å². The molecule has 37 heavy (non-hydrogen) atoms. The number of aryl methyl sites for hydroxylation is 1. The smallest absolute Gasteiger partial charge is 0.352 e. The predicted molar refractivity (Wildman–Crippen MR) is 135 cm³/mol. The summed E-state index contributed by atoms with van der Waals surface area (Å²) in [5.74, 6) is -2.16. The molecule has 0 bridgehead atoms. The van der Waals surface area contributed by atoms with Gasteiger partial charge in [0.1, 0.15) is 5.82 Å². The summed E-state index contributed by atoms with van der Waals surface area (Å²) in [5, 5.41) is 4.52. The Morgan fingerprint density at radius 3 is 2.68 bits per heavy atom. The van der Waals surface area contributed by atoms with Crippen LogP contribution < -0.4 is 11.2 Å². The van der Waals surface area contributed by atoms with Crippen LogP contribution in [-0.4, -0.2) is 50.8 Å². The number of carbonyl (C=O) groups excluding carboxylic acids is 2. The first-order valence-corrected chi connectivity index (χ1v) is 12.3. The van der Waals surface area contributed by atoms with E-state index in [1.54, 1.807) is 32.0 Å². The Hall–Kier alpha value is -3.79. The highest BCUT2D eigenvalue weighted by Gasteiger charge is 2.32. The molecule has 11 heteroatoms. The molecule has 1 fully saturated rings. The molecule has 1 unspecified atom stereocenters. The highest BCUT2D eigenvalue weighted by Crippen LogP contribution is 2.20. The van der Waals surface area contributed by atoms with E-state index in [0.717, 1.165) is 14.8 Å². The predicted octanol–water partition coefficient (Wildman–Crippen LogP) is 2.96. The largest absolute Gasteiger partial charge is 0.466 e. The van der Waals surface area contributed by atoms with Crippen LogP contribution >= 0.6 is 11.6 Å². The molecule has 1 aliphatic heterocycles. The van der Waals surface area contributed by atoms with Gasteiger partial charge in [0.25, 0.3) is 11.5 Å². The maximum atomic E-state index is 13.8. The van der Waals surface area contributed by atoms with Crippen LogP contribution in [0.3, 0.4) is 0 Å². The lowest BCUT2D eigenvalue weighted by molar-refractivity contribution is -0.149. The second-order valence-corrected chi connectivity index (χ2v) is 9.25. The highest BCUT2D eigenvalue weighted by molar-refractivity contribution is 6.31. The van der Waals surface area contributed by atoms with Crippen LogP contribution in [0, 0.1) is 18.7 Å². The third-order valence-electron chi connectivity index (χ3n) is 6.22. The maximum absolute atomic E-state index is 13.8. The quantitative estimate of drug-likeness (QED) is 0.456. The summed E-state index contributed by atoms with van der Waals surface area (Å²) >= 11 is 6.26. The number of carbonyl (C=O) groups is 2. The summed E-state index contributed by atoms with van der Waals surface area (Å²) in [6.07, 6.45) is 1.10. The van der Waals surface area contributed by atoms with E-state index in [0.29, 0.717) is 30.0 Å². The van der Waals surface area contributed by atoms with Gasteiger partial charge in [-0.3, -0.25) is 19.0 Å². The second-order valence-electron chi connectivity index (χ2n) is 8.84. The van der Waals surface area contributed by atoms with E-state index in [1.807, 2.05) is 0 Å². The summed E-state index contributed by atoms with van der Waals surface area (Å²) in [6.45, 7) is 3.82. The van der Waals surface area contributed by atoms with Gasteiger partial charge in [0, 0.05) is 18.1 Å². The number of hydrogen-bond donors (Lipinski definition) is 0. The van der Waals surface area contributed by atoms with Crippen LogP contribution in [-0.2, 0) is 16.1 Å². The summed E-state index contributed by atoms with van der Waals surface area (Å²) < 4.78 is 20.7. The van der Waals surface area contributed by atoms with Gasteiger partial charge < -0.3 is 9.64 Å². The molecule has 0 spiro atoms. The fourth-order valence-electron chi connectivity index (χ4n) is 4.25. The molecule has 3 aromatic rings. The van der Waals surface area contributed by atoms with Crippen molar-refractivity contribution in [2.24, 2.45) is 5.92 Å². The number of rotatable bonds is 6. The van der Waals surface area contributed by atoms with E-state index in [9.17, 15) is 23.6 Å². The van der Waals surface area contributed by atoms with E-state index in [1.165, 1.54) is 29.2 Å². The van der Waals surface area contributed by atoms with Gasteiger partial charge in [0.15, 0.2) is 0 Å². The standard InChI is InChI=1S/C26H26ClFN4O5/c1-3-37-25(35)18-7-5-11-30(15-18)23(33)22-24(34)31(14-17-6-4-8-19(28)12-17)26(36)32(29-22)20-10-9-16(2)21(27)13-20/h4,6,8-10,12-13,18H,3,5,7,11,14-15H2,1-2H3. The number of benzene rings is 2. The normalized spacial score (nSPS) is 15.5. The monoisotopic (exact) mass is 528 g/mol. The molecular weight excluding hydrogens is 503 g/mol. The minimum absolute atomic E-state index is 0.0676. The second kappa shape index (κ2) is 11.1. The topological polar surface area (TPSA) is 104 Å². The van der Waals surface area contributed by atoms with Gasteiger partial charge in [-0.25, -0.2) is 9.18 Å². The average Bonchev–Trinajstić information content (AvgIpc) is 2.88. The number of likely N-dealkylation sites (tertiary alicyclic amines) is 1. The van der Waals surface area contributed by atoms with Gasteiger partial charge in [-0.2, -0.15) is 9.78 Å². The SMILES string of the molecule is CCOC(=O)C1CCCN(C(=O)c2nn(-c3ccc(C)c(Cl)c3)c(=O)n(Cc3cccc(F)c3)c2=O)C1. The number of nitrogens with zero attached hydrogens (tertiary/aromatic N) is 4. The molecule has 1 saturated heterocycles. The molecule has 1 atom stereocenters. The zero-order valence-corrected chi connectivity index (χ0v) is 21.2. The van der Waals surface area contributed by atoms with Crippen LogP contribution in [0.2, 0.25) is 5.02 Å². The maximum Gasteiger partial charge on any atom is 0.352 e. The third kappa shape index (κ3) is 5.64. The lowest BCUT2D eigenvalue weighted by Crippen LogP contribution is -2.49. The van der Waals surface area contributed by atoms with Crippen LogP contribution in [0.15, 0.2) is 52.1 Å². The summed E-state index contributed by atoms with van der Waals surface area (Å²) in [6, 6.07) is 10.3. The summed E-state index contributed by atoms with van der Waals surface area (Å²) in [4.78, 5) is 54.0. The van der Waals surface area contributed by atoms with Crippen LogP contribution in [0.4, 0.5) is 4.39 Å². The number of hydrogen-bond acceptors (Lipinski definition) is 6. The summed E-state index contributed by atoms with van der Waals surface area (Å²) in [7, 11) is 0. The van der Waals surface area contributed by atoms with Crippen LogP contribution in [0.5, 0.6) is 0 Å². The molecule has 1 aromatic heterocycles. The van der Waals surface area contributed by atoms with Crippen molar-refractivity contribution >= 4 is 23.5 Å². The first kappa shape index (κ1) is 26.3. The van der Waals surface area contributed by atoms with Gasteiger partial charge in [-0.15, -0.1) is 0 Å². The summed E-state index contributed by atoms with van der Waals surface area (Å²) in [5.41, 5.74) is -0.831. The Kier molecular flexibility index (Phi) is 7.87. The van der Waals surface area contributed by atoms with Crippen molar-refractivity contribution < 1.29 is 18.7 Å². The number of amides is 1. The van der Waals surface area contributed by atoms with Crippen molar-refractivity contribution in [3.8, 4) is 5.69 Å². The molecule has 2 aromatic carbocycles. The van der Waals surface area contributed by atoms with Gasteiger partial charge in [-0.05, 0) is 62.1 Å². The van der Waals surface area contributed by atoms with Crippen molar-refractivity contribution in [3.63, 3.8) is 0 Å². The third-order valence-corrected chi connectivity index (χ3v) is 6.63. The van der Waals surface area contributed by atoms with Crippen molar-refractivity contribution in [1.82, 2.24) is 19.2 Å². The fraction of sp³-hybridized carbons (Fsp3) is 0.346. The molecule has 4 rings (SSSR count). The number of piperidine rings is 1. The minimum Gasteiger partial charge on any atom is -0.466 e. The van der Waals surface area contributed by atoms with E-state index in [-0.39, 0.29) is 25.4 Å². The van der Waals surface area contributed by atoms with Crippen molar-refractivity contribution in [2.45, 2.75) is 33.2 Å². The lowest BCUT2D eigenvalue weighted by atomic mass is 9.98. The molecule has 1 amide bonds. The van der Waals surface area contributed by atoms with Crippen molar-refractivity contribution in [2.75, 3.05) is 19.7 Å². The first-order chi connectivity index (χ1) is 17.7. The van der Waals surface area contributed by atoms with Gasteiger partial charge in [0.05, 0.1) is 24.8 Å². The Labute approximate surface area is 217 Å². The van der Waals surface area contributed by atoms with Crippen LogP contribution in [0.25, 0.3) is 5.69 Å². The molecule has 0 saturated carbocycles. The molecule has 0 radical (unpaired) electrons. The van der Waals surface area contributed by atoms with Gasteiger partial charge in [0.2, 0.25) is 5.69 Å². The van der Waals surface area contributed by atoms with Crippen molar-refractivity contribution in [3.05, 3.63) is 91.0 Å². The van der Waals surface area contributed by atoms with E-state index in [2.05, 4.69) is 5.10 Å². The van der Waals surface area contributed by atoms with Gasteiger partial charge in [-0.1, -0.05) is 29.8 Å². The van der Waals surface area contributed by atoms with E-state index in [4.69, 9.17) is 16.3 Å². The average molecular weight is 529 g/mol. The number of halogens is 2. The van der Waals surface area contributed by atoms with E-state index >= 15 is 0 Å². The first-order valence-electron chi connectivity index (χ1n) is 11.9. The number of esters is 1. The molecule has 0 N–H and O–H groups in total. The zero-order chi connectivity index (χ0) is 26.7. The Morgan fingerprint density at radius 1 is 1.19 bits per heavy atom. The fourth-order valence-corrected chi connectivity index (χ4v) is 4.43. The lowest BCUT2D eigenvalue weighted by Gasteiger charge is -2.31. The molecular formula is C26H26ClFN4O5. The molecule has 2 heterocycles. The Morgan fingerprint density at radius 2 is 1.97 bits per heavy atom. The molecule has 0 aliphatic carbocycles. The molecule has 9 nitrogen and oxygen atoms in total. The van der Waals surface area contributed by atoms with Gasteiger partial charge >= 0.3 is 11.7 Å². The Balaban J connectivity index is 1.81. The number of ether oxygens (including phenoxy) is 1. The zero-order valence-electron chi connectivity index (χ0n) is 20.4. The highest BCUT2D eigenvalue weighted by atomic mass is 35.5. The van der Waals surface area contributed by atoms with E-state index < -0.39 is 40.6 Å². The Bertz CT molecular complexity index is 1470. The van der Waals surface area contributed by atoms with Crippen LogP contribution in [0.1, 0.15) is 41.4 Å². The number of aromatic nitrogens is 3.